The molecule has 0 atom stereocenters. The molecule has 0 saturated heterocycles. The van der Waals surface area contributed by atoms with Gasteiger partial charge in [-0.1, -0.05) is 18.5 Å². The molecular weight excluding hydrogens is 308 g/mol. The van der Waals surface area contributed by atoms with E-state index in [-0.39, 0.29) is 0 Å². The quantitative estimate of drug-likeness (QED) is 0.808. The second-order valence-electron chi connectivity index (χ2n) is 3.37. The van der Waals surface area contributed by atoms with Crippen molar-refractivity contribution in [1.29, 1.82) is 0 Å². The summed E-state index contributed by atoms with van der Waals surface area (Å²) >= 11 is 14.8. The number of halogens is 2. The zero-order valence-corrected chi connectivity index (χ0v) is 11.8. The van der Waals surface area contributed by atoms with Crippen molar-refractivity contribution in [3.8, 4) is 5.69 Å². The molecule has 1 heterocycles. The van der Waals surface area contributed by atoms with Crippen LogP contribution in [-0.4, -0.2) is 9.55 Å². The van der Waals surface area contributed by atoms with Crippen LogP contribution in [0.5, 0.6) is 0 Å². The molecule has 0 amide bonds. The number of aryl methyl sites for hydroxylation is 1. The first-order valence-corrected chi connectivity index (χ1v) is 6.46. The van der Waals surface area contributed by atoms with Crippen molar-refractivity contribution >= 4 is 39.7 Å². The topological polar surface area (TPSA) is 20.7 Å². The van der Waals surface area contributed by atoms with Crippen molar-refractivity contribution < 1.29 is 0 Å². The number of rotatable bonds is 2. The molecule has 5 heteroatoms. The average Bonchev–Trinajstić information content (AvgIpc) is 2.63. The lowest BCUT2D eigenvalue weighted by Crippen LogP contribution is -2.00. The number of aromatic nitrogens is 2. The molecule has 0 fully saturated rings. The summed E-state index contributed by atoms with van der Waals surface area (Å²) in [7, 11) is 0. The maximum atomic E-state index is 6.00. The minimum atomic E-state index is 0.680. The molecule has 84 valence electrons. The fourth-order valence-corrected chi connectivity index (χ4v) is 2.45. The summed E-state index contributed by atoms with van der Waals surface area (Å²) in [6.45, 7) is 2.09. The molecule has 16 heavy (non-hydrogen) atoms. The first-order valence-electron chi connectivity index (χ1n) is 4.88. The lowest BCUT2D eigenvalue weighted by atomic mass is 10.3. The van der Waals surface area contributed by atoms with E-state index in [4.69, 9.17) is 23.8 Å². The Balaban J connectivity index is 2.71. The third-order valence-electron chi connectivity index (χ3n) is 2.36. The van der Waals surface area contributed by atoms with Crippen LogP contribution in [0.1, 0.15) is 12.6 Å². The average molecular weight is 318 g/mol. The Labute approximate surface area is 112 Å². The monoisotopic (exact) mass is 316 g/mol. The van der Waals surface area contributed by atoms with Crippen LogP contribution in [0, 0.1) is 4.77 Å². The van der Waals surface area contributed by atoms with Gasteiger partial charge in [-0.05, 0) is 52.8 Å². The fourth-order valence-electron chi connectivity index (χ4n) is 1.59. The highest BCUT2D eigenvalue weighted by molar-refractivity contribution is 9.10. The number of aromatic amines is 1. The number of H-pyrrole nitrogens is 1. The second-order valence-corrected chi connectivity index (χ2v) is 5.05. The zero-order chi connectivity index (χ0) is 11.7. The highest BCUT2D eigenvalue weighted by Crippen LogP contribution is 2.26. The van der Waals surface area contributed by atoms with E-state index in [9.17, 15) is 0 Å². The van der Waals surface area contributed by atoms with Gasteiger partial charge in [0.05, 0.1) is 5.69 Å². The molecule has 0 spiro atoms. The predicted octanol–water partition coefficient (Wildman–Crippen LogP) is 4.51. The summed E-state index contributed by atoms with van der Waals surface area (Å²) in [6, 6.07) is 5.66. The Morgan fingerprint density at radius 1 is 1.50 bits per heavy atom. The summed E-state index contributed by atoms with van der Waals surface area (Å²) < 4.78 is 3.65. The molecular formula is C11H10BrClN2S. The van der Waals surface area contributed by atoms with Crippen LogP contribution >= 0.6 is 39.7 Å². The van der Waals surface area contributed by atoms with E-state index in [1.165, 1.54) is 0 Å². The molecule has 2 aromatic rings. The van der Waals surface area contributed by atoms with Crippen LogP contribution in [0.25, 0.3) is 5.69 Å². The van der Waals surface area contributed by atoms with Crippen molar-refractivity contribution in [2.24, 2.45) is 0 Å². The maximum Gasteiger partial charge on any atom is 0.182 e. The Hall–Kier alpha value is -0.580. The van der Waals surface area contributed by atoms with Gasteiger partial charge in [-0.2, -0.15) is 0 Å². The van der Waals surface area contributed by atoms with E-state index in [0.717, 1.165) is 22.3 Å². The van der Waals surface area contributed by atoms with Crippen LogP contribution in [-0.2, 0) is 6.42 Å². The van der Waals surface area contributed by atoms with Gasteiger partial charge in [0.15, 0.2) is 4.77 Å². The van der Waals surface area contributed by atoms with E-state index >= 15 is 0 Å². The number of nitrogens with one attached hydrogen (secondary N) is 1. The SMILES string of the molecule is CCc1c[nH]c(=S)n1-c1cc(Cl)ccc1Br. The molecule has 1 aromatic heterocycles. The van der Waals surface area contributed by atoms with Crippen LogP contribution in [0.4, 0.5) is 0 Å². The first-order chi connectivity index (χ1) is 7.63. The standard InChI is InChI=1S/C11H10BrClN2S/c1-2-8-6-14-11(16)15(8)10-5-7(13)3-4-9(10)12/h3-6H,2H2,1H3,(H,14,16). The van der Waals surface area contributed by atoms with Gasteiger partial charge in [-0.3, -0.25) is 4.57 Å². The van der Waals surface area contributed by atoms with Gasteiger partial charge in [-0.25, -0.2) is 0 Å². The van der Waals surface area contributed by atoms with E-state index in [1.54, 1.807) is 0 Å². The van der Waals surface area contributed by atoms with Gasteiger partial charge >= 0.3 is 0 Å². The number of hydrogen-bond donors (Lipinski definition) is 1. The van der Waals surface area contributed by atoms with Crippen LogP contribution < -0.4 is 0 Å². The first kappa shape index (κ1) is 11.9. The molecule has 2 nitrogen and oxygen atoms in total. The predicted molar refractivity (Wildman–Crippen MR) is 73.0 cm³/mol. The zero-order valence-electron chi connectivity index (χ0n) is 8.63. The Bertz CT molecular complexity index is 574. The van der Waals surface area contributed by atoms with Gasteiger partial charge in [0.2, 0.25) is 0 Å². The molecule has 0 unspecified atom stereocenters. The van der Waals surface area contributed by atoms with Gasteiger partial charge in [0, 0.05) is 21.4 Å². The molecule has 0 aliphatic carbocycles. The largest absolute Gasteiger partial charge is 0.337 e. The number of nitrogens with zero attached hydrogens (tertiary/aromatic N) is 1. The van der Waals surface area contributed by atoms with Gasteiger partial charge in [0.1, 0.15) is 0 Å². The van der Waals surface area contributed by atoms with Crippen molar-refractivity contribution in [2.45, 2.75) is 13.3 Å². The van der Waals surface area contributed by atoms with Gasteiger partial charge < -0.3 is 4.98 Å². The number of hydrogen-bond acceptors (Lipinski definition) is 1. The van der Waals surface area contributed by atoms with E-state index in [2.05, 4.69) is 27.8 Å². The summed E-state index contributed by atoms with van der Waals surface area (Å²) in [6.07, 6.45) is 2.84. The van der Waals surface area contributed by atoms with Crippen LogP contribution in [0.2, 0.25) is 5.02 Å². The normalized spacial score (nSPS) is 10.7. The third-order valence-corrected chi connectivity index (χ3v) is 3.57. The lowest BCUT2D eigenvalue weighted by Gasteiger charge is -2.09. The molecule has 1 aromatic carbocycles. The molecule has 1 N–H and O–H groups in total. The lowest BCUT2D eigenvalue weighted by molar-refractivity contribution is 0.918. The van der Waals surface area contributed by atoms with Crippen molar-refractivity contribution in [3.63, 3.8) is 0 Å². The van der Waals surface area contributed by atoms with E-state index in [0.29, 0.717) is 9.79 Å². The molecule has 0 bridgehead atoms. The minimum Gasteiger partial charge on any atom is -0.337 e. The molecule has 2 rings (SSSR count). The highest BCUT2D eigenvalue weighted by Gasteiger charge is 2.08. The molecule has 0 aliphatic heterocycles. The van der Waals surface area contributed by atoms with Gasteiger partial charge in [-0.15, -0.1) is 0 Å². The molecule has 0 saturated carbocycles. The Morgan fingerprint density at radius 2 is 2.25 bits per heavy atom. The van der Waals surface area contributed by atoms with Crippen LogP contribution in [0.3, 0.4) is 0 Å². The summed E-state index contributed by atoms with van der Waals surface area (Å²) in [4.78, 5) is 3.05. The minimum absolute atomic E-state index is 0.680. The molecule has 0 radical (unpaired) electrons. The Morgan fingerprint density at radius 3 is 2.94 bits per heavy atom. The van der Waals surface area contributed by atoms with E-state index < -0.39 is 0 Å². The summed E-state index contributed by atoms with van der Waals surface area (Å²) in [5.41, 5.74) is 2.10. The number of benzene rings is 1. The summed E-state index contributed by atoms with van der Waals surface area (Å²) in [5, 5.41) is 0.698. The van der Waals surface area contributed by atoms with Crippen molar-refractivity contribution in [2.75, 3.05) is 0 Å². The summed E-state index contributed by atoms with van der Waals surface area (Å²) in [5.74, 6) is 0. The third kappa shape index (κ3) is 2.10. The second kappa shape index (κ2) is 4.73. The Kier molecular flexibility index (Phi) is 3.52. The van der Waals surface area contributed by atoms with Crippen LogP contribution in [0.15, 0.2) is 28.9 Å². The van der Waals surface area contributed by atoms with Crippen molar-refractivity contribution in [3.05, 3.63) is 44.4 Å². The maximum absolute atomic E-state index is 6.00. The highest BCUT2D eigenvalue weighted by atomic mass is 79.9. The van der Waals surface area contributed by atoms with E-state index in [1.807, 2.05) is 29.0 Å². The smallest absolute Gasteiger partial charge is 0.182 e. The fraction of sp³-hybridized carbons (Fsp3) is 0.182. The van der Waals surface area contributed by atoms with Crippen molar-refractivity contribution in [1.82, 2.24) is 9.55 Å². The van der Waals surface area contributed by atoms with Gasteiger partial charge in [0.25, 0.3) is 0 Å². The number of imidazole rings is 1. The molecule has 0 aliphatic rings.